The zero-order valence-electron chi connectivity index (χ0n) is 14.1. The summed E-state index contributed by atoms with van der Waals surface area (Å²) in [5, 5.41) is 17.9. The molecule has 0 atom stereocenters. The highest BCUT2D eigenvalue weighted by Crippen LogP contribution is 2.17. The van der Waals surface area contributed by atoms with E-state index in [1.54, 1.807) is 43.3 Å². The van der Waals surface area contributed by atoms with Gasteiger partial charge in [-0.05, 0) is 48.4 Å². The first-order valence-corrected chi connectivity index (χ1v) is 7.87. The fraction of sp³-hybridized carbons (Fsp3) is 0.150. The highest BCUT2D eigenvalue weighted by atomic mass is 16.5. The third-order valence-electron chi connectivity index (χ3n) is 3.41. The van der Waals surface area contributed by atoms with Crippen LogP contribution in [0.1, 0.15) is 28.4 Å². The molecule has 0 aliphatic rings. The minimum atomic E-state index is -0.972. The molecule has 0 aliphatic carbocycles. The molecule has 0 saturated heterocycles. The molecule has 132 valence electrons. The Balaban J connectivity index is 2.00. The van der Waals surface area contributed by atoms with Crippen molar-refractivity contribution in [2.45, 2.75) is 13.5 Å². The molecule has 0 radical (unpaired) electrons. The summed E-state index contributed by atoms with van der Waals surface area (Å²) < 4.78 is 10.5. The number of benzene rings is 2. The van der Waals surface area contributed by atoms with Gasteiger partial charge in [0.1, 0.15) is 24.0 Å². The summed E-state index contributed by atoms with van der Waals surface area (Å²) in [7, 11) is 0. The largest absolute Gasteiger partial charge is 0.489 e. The lowest BCUT2D eigenvalue weighted by Gasteiger charge is -2.07. The number of nitrogens with zero attached hydrogens (tertiary/aromatic N) is 1. The number of carbonyl (C=O) groups is 2. The van der Waals surface area contributed by atoms with Crippen molar-refractivity contribution in [3.05, 3.63) is 70.8 Å². The van der Waals surface area contributed by atoms with Gasteiger partial charge in [-0.25, -0.2) is 9.59 Å². The van der Waals surface area contributed by atoms with Gasteiger partial charge in [-0.15, -0.1) is 0 Å². The van der Waals surface area contributed by atoms with Gasteiger partial charge in [0, 0.05) is 0 Å². The van der Waals surface area contributed by atoms with Crippen LogP contribution < -0.4 is 4.74 Å². The van der Waals surface area contributed by atoms with Crippen LogP contribution in [0, 0.1) is 11.3 Å². The maximum Gasteiger partial charge on any atom is 0.348 e. The number of carbonyl (C=O) groups excluding carboxylic acids is 1. The maximum absolute atomic E-state index is 11.6. The standard InChI is InChI=1S/C20H17NO5/c1-2-25-20(24)17(12-21)11-14-5-9-18(10-6-14)26-13-15-3-7-16(8-4-15)19(22)23/h3-11H,2,13H2,1H3,(H,22,23). The fourth-order valence-electron chi connectivity index (χ4n) is 2.08. The Kier molecular flexibility index (Phi) is 6.52. The lowest BCUT2D eigenvalue weighted by atomic mass is 10.1. The van der Waals surface area contributed by atoms with Gasteiger partial charge in [-0.2, -0.15) is 5.26 Å². The minimum absolute atomic E-state index is 0.0703. The Morgan fingerprint density at radius 2 is 1.77 bits per heavy atom. The van der Waals surface area contributed by atoms with Crippen molar-refractivity contribution in [3.63, 3.8) is 0 Å². The topological polar surface area (TPSA) is 96.6 Å². The number of carboxylic acids is 1. The molecule has 0 unspecified atom stereocenters. The van der Waals surface area contributed by atoms with E-state index >= 15 is 0 Å². The Morgan fingerprint density at radius 3 is 2.31 bits per heavy atom. The third-order valence-corrected chi connectivity index (χ3v) is 3.41. The molecule has 2 rings (SSSR count). The smallest absolute Gasteiger partial charge is 0.348 e. The van der Waals surface area contributed by atoms with Gasteiger partial charge in [0.15, 0.2) is 0 Å². The summed E-state index contributed by atoms with van der Waals surface area (Å²) >= 11 is 0. The quantitative estimate of drug-likeness (QED) is 0.466. The van der Waals surface area contributed by atoms with Crippen LogP contribution in [0.4, 0.5) is 0 Å². The van der Waals surface area contributed by atoms with Crippen LogP contribution in [0.5, 0.6) is 5.75 Å². The van der Waals surface area contributed by atoms with Gasteiger partial charge in [-0.3, -0.25) is 0 Å². The second-order valence-electron chi connectivity index (χ2n) is 5.25. The number of rotatable bonds is 7. The van der Waals surface area contributed by atoms with Crippen molar-refractivity contribution in [3.8, 4) is 11.8 Å². The van der Waals surface area contributed by atoms with Crippen molar-refractivity contribution in [2.24, 2.45) is 0 Å². The lowest BCUT2D eigenvalue weighted by molar-refractivity contribution is -0.137. The minimum Gasteiger partial charge on any atom is -0.489 e. The number of esters is 1. The summed E-state index contributed by atoms with van der Waals surface area (Å²) in [5.74, 6) is -1.01. The number of hydrogen-bond donors (Lipinski definition) is 1. The van der Waals surface area contributed by atoms with E-state index in [4.69, 9.17) is 19.8 Å². The van der Waals surface area contributed by atoms with Gasteiger partial charge in [0.05, 0.1) is 12.2 Å². The average molecular weight is 351 g/mol. The Bertz CT molecular complexity index is 845. The monoisotopic (exact) mass is 351 g/mol. The van der Waals surface area contributed by atoms with Crippen LogP contribution in [-0.4, -0.2) is 23.7 Å². The number of aromatic carboxylic acids is 1. The summed E-state index contributed by atoms with van der Waals surface area (Å²) in [6.07, 6.45) is 1.45. The van der Waals surface area contributed by atoms with Crippen molar-refractivity contribution >= 4 is 18.0 Å². The third kappa shape index (κ3) is 5.21. The molecule has 0 spiro atoms. The molecule has 2 aromatic rings. The molecule has 0 amide bonds. The van der Waals surface area contributed by atoms with E-state index in [1.807, 2.05) is 6.07 Å². The van der Waals surface area contributed by atoms with Gasteiger partial charge in [-0.1, -0.05) is 24.3 Å². The normalized spacial score (nSPS) is 10.7. The molecule has 0 fully saturated rings. The fourth-order valence-corrected chi connectivity index (χ4v) is 2.08. The van der Waals surface area contributed by atoms with E-state index < -0.39 is 11.9 Å². The summed E-state index contributed by atoms with van der Waals surface area (Å²) in [4.78, 5) is 22.4. The van der Waals surface area contributed by atoms with Crippen molar-refractivity contribution in [1.82, 2.24) is 0 Å². The highest BCUT2D eigenvalue weighted by Gasteiger charge is 2.09. The van der Waals surface area contributed by atoms with E-state index in [1.165, 1.54) is 18.2 Å². The van der Waals surface area contributed by atoms with Crippen LogP contribution in [0.25, 0.3) is 6.08 Å². The Labute approximate surface area is 150 Å². The zero-order valence-corrected chi connectivity index (χ0v) is 14.1. The van der Waals surface area contributed by atoms with E-state index in [0.29, 0.717) is 17.9 Å². The van der Waals surface area contributed by atoms with Crippen molar-refractivity contribution in [2.75, 3.05) is 6.61 Å². The molecule has 0 bridgehead atoms. The van der Waals surface area contributed by atoms with Gasteiger partial charge in [0.25, 0.3) is 0 Å². The van der Waals surface area contributed by atoms with Crippen LogP contribution in [0.2, 0.25) is 0 Å². The molecule has 6 heteroatoms. The van der Waals surface area contributed by atoms with Crippen LogP contribution in [0.3, 0.4) is 0 Å². The molecular weight excluding hydrogens is 334 g/mol. The molecular formula is C20H17NO5. The Morgan fingerprint density at radius 1 is 1.12 bits per heavy atom. The van der Waals surface area contributed by atoms with Crippen molar-refractivity contribution in [1.29, 1.82) is 5.26 Å². The molecule has 26 heavy (non-hydrogen) atoms. The number of nitriles is 1. The summed E-state index contributed by atoms with van der Waals surface area (Å²) in [6.45, 7) is 2.17. The van der Waals surface area contributed by atoms with Gasteiger partial charge < -0.3 is 14.6 Å². The maximum atomic E-state index is 11.6. The number of hydrogen-bond acceptors (Lipinski definition) is 5. The highest BCUT2D eigenvalue weighted by molar-refractivity contribution is 5.97. The second kappa shape index (κ2) is 9.04. The first-order valence-electron chi connectivity index (χ1n) is 7.87. The predicted molar refractivity (Wildman–Crippen MR) is 94.4 cm³/mol. The van der Waals surface area contributed by atoms with E-state index in [0.717, 1.165) is 5.56 Å². The van der Waals surface area contributed by atoms with E-state index in [9.17, 15) is 9.59 Å². The van der Waals surface area contributed by atoms with Crippen LogP contribution >= 0.6 is 0 Å². The van der Waals surface area contributed by atoms with Crippen molar-refractivity contribution < 1.29 is 24.2 Å². The lowest BCUT2D eigenvalue weighted by Crippen LogP contribution is -2.05. The summed E-state index contributed by atoms with van der Waals surface area (Å²) in [5.41, 5.74) is 1.67. The molecule has 2 aromatic carbocycles. The van der Waals surface area contributed by atoms with E-state index in [2.05, 4.69) is 0 Å². The SMILES string of the molecule is CCOC(=O)C(C#N)=Cc1ccc(OCc2ccc(C(=O)O)cc2)cc1. The average Bonchev–Trinajstić information content (AvgIpc) is 2.65. The van der Waals surface area contributed by atoms with Crippen LogP contribution in [-0.2, 0) is 16.1 Å². The molecule has 0 aromatic heterocycles. The molecule has 1 N–H and O–H groups in total. The first-order chi connectivity index (χ1) is 12.5. The molecule has 0 saturated carbocycles. The van der Waals surface area contributed by atoms with E-state index in [-0.39, 0.29) is 17.7 Å². The Hall–Kier alpha value is -3.59. The number of ether oxygens (including phenoxy) is 2. The predicted octanol–water partition coefficient (Wildman–Crippen LogP) is 3.43. The molecule has 0 aliphatic heterocycles. The van der Waals surface area contributed by atoms with Gasteiger partial charge in [0.2, 0.25) is 0 Å². The molecule has 6 nitrogen and oxygen atoms in total. The number of carboxylic acid groups (broad SMARTS) is 1. The van der Waals surface area contributed by atoms with Crippen LogP contribution in [0.15, 0.2) is 54.1 Å². The molecule has 0 heterocycles. The zero-order chi connectivity index (χ0) is 18.9. The van der Waals surface area contributed by atoms with Gasteiger partial charge >= 0.3 is 11.9 Å². The first kappa shape index (κ1) is 18.7. The second-order valence-corrected chi connectivity index (χ2v) is 5.25. The summed E-state index contributed by atoms with van der Waals surface area (Å²) in [6, 6.07) is 15.1.